The summed E-state index contributed by atoms with van der Waals surface area (Å²) in [5.41, 5.74) is 0.380. The van der Waals surface area contributed by atoms with Gasteiger partial charge in [-0.15, -0.1) is 0 Å². The van der Waals surface area contributed by atoms with Gasteiger partial charge >= 0.3 is 5.97 Å². The largest absolute Gasteiger partial charge is 0.468 e. The highest BCUT2D eigenvalue weighted by Crippen LogP contribution is 2.25. The van der Waals surface area contributed by atoms with Gasteiger partial charge in [0.2, 0.25) is 0 Å². The van der Waals surface area contributed by atoms with E-state index in [1.165, 1.54) is 31.4 Å². The number of hydrogen-bond acceptors (Lipinski definition) is 4. The van der Waals surface area contributed by atoms with Crippen LogP contribution in [0, 0.1) is 3.57 Å². The lowest BCUT2D eigenvalue weighted by Gasteiger charge is -2.23. The van der Waals surface area contributed by atoms with Gasteiger partial charge in [0.1, 0.15) is 6.54 Å². The highest BCUT2D eigenvalue weighted by atomic mass is 127. The standard InChI is InChI=1S/C15H13ClINO4S/c1-22-15(19)10-18(13-6-4-12(17)5-7-13)23(20,21)14-8-2-11(16)3-9-14/h2-9H,10H2,1H3. The molecule has 0 spiro atoms. The fourth-order valence-corrected chi connectivity index (χ4v) is 3.73. The molecule has 0 aliphatic carbocycles. The molecule has 0 saturated heterocycles. The first kappa shape index (κ1) is 18.0. The normalized spacial score (nSPS) is 11.1. The lowest BCUT2D eigenvalue weighted by atomic mass is 10.3. The van der Waals surface area contributed by atoms with Crippen molar-refractivity contribution in [2.75, 3.05) is 18.0 Å². The van der Waals surface area contributed by atoms with Crippen molar-refractivity contribution in [1.29, 1.82) is 0 Å². The number of carbonyl (C=O) groups is 1. The SMILES string of the molecule is COC(=O)CN(c1ccc(I)cc1)S(=O)(=O)c1ccc(Cl)cc1. The first-order valence-corrected chi connectivity index (χ1v) is 9.35. The number of esters is 1. The van der Waals surface area contributed by atoms with Gasteiger partial charge in [-0.2, -0.15) is 0 Å². The summed E-state index contributed by atoms with van der Waals surface area (Å²) in [6, 6.07) is 12.6. The highest BCUT2D eigenvalue weighted by Gasteiger charge is 2.27. The molecule has 23 heavy (non-hydrogen) atoms. The number of rotatable bonds is 5. The van der Waals surface area contributed by atoms with E-state index < -0.39 is 22.5 Å². The van der Waals surface area contributed by atoms with E-state index in [1.807, 2.05) is 0 Å². The van der Waals surface area contributed by atoms with Gasteiger partial charge in [-0.05, 0) is 71.1 Å². The molecule has 0 saturated carbocycles. The summed E-state index contributed by atoms with van der Waals surface area (Å²) in [6.45, 7) is -0.415. The summed E-state index contributed by atoms with van der Waals surface area (Å²) in [5, 5.41) is 0.428. The Bertz CT molecular complexity index is 791. The summed E-state index contributed by atoms with van der Waals surface area (Å²) in [7, 11) is -2.71. The second-order valence-electron chi connectivity index (χ2n) is 4.52. The van der Waals surface area contributed by atoms with Gasteiger partial charge in [0, 0.05) is 8.59 Å². The molecule has 0 radical (unpaired) electrons. The molecule has 2 rings (SSSR count). The lowest BCUT2D eigenvalue weighted by Crippen LogP contribution is -2.36. The van der Waals surface area contributed by atoms with E-state index in [1.54, 1.807) is 24.3 Å². The van der Waals surface area contributed by atoms with Crippen LogP contribution in [0.15, 0.2) is 53.4 Å². The third-order valence-electron chi connectivity index (χ3n) is 3.02. The first-order chi connectivity index (χ1) is 10.8. The molecule has 122 valence electrons. The summed E-state index contributed by atoms with van der Waals surface area (Å²) < 4.78 is 32.3. The maximum atomic E-state index is 12.9. The topological polar surface area (TPSA) is 63.7 Å². The van der Waals surface area contributed by atoms with Crippen molar-refractivity contribution in [2.45, 2.75) is 4.90 Å². The molecule has 0 aliphatic heterocycles. The van der Waals surface area contributed by atoms with Gasteiger partial charge in [-0.25, -0.2) is 8.42 Å². The van der Waals surface area contributed by atoms with Crippen molar-refractivity contribution in [3.8, 4) is 0 Å². The van der Waals surface area contributed by atoms with Crippen LogP contribution in [0.2, 0.25) is 5.02 Å². The molecule has 8 heteroatoms. The Hall–Kier alpha value is -1.32. The van der Waals surface area contributed by atoms with Crippen LogP contribution < -0.4 is 4.31 Å². The molecular weight excluding hydrogens is 453 g/mol. The van der Waals surface area contributed by atoms with Gasteiger partial charge < -0.3 is 4.74 Å². The van der Waals surface area contributed by atoms with Crippen LogP contribution in [0.1, 0.15) is 0 Å². The predicted octanol–water partition coefficient (Wildman–Crippen LogP) is 3.31. The minimum absolute atomic E-state index is 0.0457. The number of ether oxygens (including phenoxy) is 1. The molecule has 0 unspecified atom stereocenters. The maximum absolute atomic E-state index is 12.9. The summed E-state index contributed by atoms with van der Waals surface area (Å²) >= 11 is 7.91. The second-order valence-corrected chi connectivity index (χ2v) is 8.06. The summed E-state index contributed by atoms with van der Waals surface area (Å²) in [6.07, 6.45) is 0. The lowest BCUT2D eigenvalue weighted by molar-refractivity contribution is -0.138. The van der Waals surface area contributed by atoms with E-state index in [4.69, 9.17) is 11.6 Å². The van der Waals surface area contributed by atoms with E-state index >= 15 is 0 Å². The predicted molar refractivity (Wildman–Crippen MR) is 97.2 cm³/mol. The van der Waals surface area contributed by atoms with Crippen molar-refractivity contribution >= 4 is 55.9 Å². The molecule has 0 aromatic heterocycles. The van der Waals surface area contributed by atoms with Crippen LogP contribution >= 0.6 is 34.2 Å². The van der Waals surface area contributed by atoms with Crippen LogP contribution in [-0.4, -0.2) is 28.0 Å². The monoisotopic (exact) mass is 465 g/mol. The van der Waals surface area contributed by atoms with Crippen molar-refractivity contribution in [3.63, 3.8) is 0 Å². The highest BCUT2D eigenvalue weighted by molar-refractivity contribution is 14.1. The zero-order valence-electron chi connectivity index (χ0n) is 12.1. The zero-order valence-corrected chi connectivity index (χ0v) is 15.8. The average Bonchev–Trinajstić information content (AvgIpc) is 2.53. The Morgan fingerprint density at radius 1 is 1.13 bits per heavy atom. The van der Waals surface area contributed by atoms with Gasteiger partial charge in [0.15, 0.2) is 0 Å². The molecule has 2 aromatic rings. The number of benzene rings is 2. The zero-order chi connectivity index (χ0) is 17.0. The molecule has 0 heterocycles. The Balaban J connectivity index is 2.49. The van der Waals surface area contributed by atoms with Crippen molar-refractivity contribution < 1.29 is 17.9 Å². The van der Waals surface area contributed by atoms with E-state index in [0.29, 0.717) is 10.7 Å². The third-order valence-corrected chi connectivity index (χ3v) is 5.78. The number of carbonyl (C=O) groups excluding carboxylic acids is 1. The Kier molecular flexibility index (Phi) is 5.88. The van der Waals surface area contributed by atoms with E-state index in [-0.39, 0.29) is 4.90 Å². The molecule has 0 bridgehead atoms. The Morgan fingerprint density at radius 3 is 2.22 bits per heavy atom. The van der Waals surface area contributed by atoms with Crippen LogP contribution in [-0.2, 0) is 19.6 Å². The van der Waals surface area contributed by atoms with Crippen LogP contribution in [0.4, 0.5) is 5.69 Å². The molecule has 0 atom stereocenters. The van der Waals surface area contributed by atoms with Crippen molar-refractivity contribution in [1.82, 2.24) is 0 Å². The van der Waals surface area contributed by atoms with Crippen LogP contribution in [0.5, 0.6) is 0 Å². The molecule has 5 nitrogen and oxygen atoms in total. The first-order valence-electron chi connectivity index (χ1n) is 6.45. The number of hydrogen-bond donors (Lipinski definition) is 0. The summed E-state index contributed by atoms with van der Waals surface area (Å²) in [4.78, 5) is 11.7. The van der Waals surface area contributed by atoms with Gasteiger partial charge in [-0.3, -0.25) is 9.10 Å². The Labute approximate surface area is 153 Å². The number of nitrogens with zero attached hydrogens (tertiary/aromatic N) is 1. The molecule has 0 aliphatic rings. The van der Waals surface area contributed by atoms with E-state index in [9.17, 15) is 13.2 Å². The van der Waals surface area contributed by atoms with Gasteiger partial charge in [0.05, 0.1) is 17.7 Å². The van der Waals surface area contributed by atoms with E-state index in [2.05, 4.69) is 27.3 Å². The van der Waals surface area contributed by atoms with Crippen LogP contribution in [0.3, 0.4) is 0 Å². The number of methoxy groups -OCH3 is 1. The number of anilines is 1. The van der Waals surface area contributed by atoms with Gasteiger partial charge in [0.25, 0.3) is 10.0 Å². The quantitative estimate of drug-likeness (QED) is 0.502. The number of halogens is 2. The molecule has 2 aromatic carbocycles. The fraction of sp³-hybridized carbons (Fsp3) is 0.133. The van der Waals surface area contributed by atoms with Crippen LogP contribution in [0.25, 0.3) is 0 Å². The minimum atomic E-state index is -3.92. The average molecular weight is 466 g/mol. The van der Waals surface area contributed by atoms with Crippen molar-refractivity contribution in [3.05, 3.63) is 57.1 Å². The minimum Gasteiger partial charge on any atom is -0.468 e. The third kappa shape index (κ3) is 4.36. The Morgan fingerprint density at radius 2 is 1.70 bits per heavy atom. The molecule has 0 fully saturated rings. The summed E-state index contributed by atoms with van der Waals surface area (Å²) in [5.74, 6) is -0.652. The molecular formula is C15H13ClINO4S. The molecule has 0 amide bonds. The molecule has 0 N–H and O–H groups in total. The smallest absolute Gasteiger partial charge is 0.326 e. The second kappa shape index (κ2) is 7.50. The van der Waals surface area contributed by atoms with Gasteiger partial charge in [-0.1, -0.05) is 11.6 Å². The van der Waals surface area contributed by atoms with E-state index in [0.717, 1.165) is 7.88 Å². The number of sulfonamides is 1. The fourth-order valence-electron chi connectivity index (χ4n) is 1.84. The van der Waals surface area contributed by atoms with Crippen molar-refractivity contribution in [2.24, 2.45) is 0 Å². The maximum Gasteiger partial charge on any atom is 0.326 e.